The molecule has 11 heavy (non-hydrogen) atoms. The van der Waals surface area contributed by atoms with Gasteiger partial charge in [0.1, 0.15) is 5.76 Å². The molecule has 2 N–H and O–H groups in total. The first-order chi connectivity index (χ1) is 5.38. The van der Waals surface area contributed by atoms with Gasteiger partial charge in [-0.15, -0.1) is 0 Å². The number of hydrogen-bond acceptors (Lipinski definition) is 2. The summed E-state index contributed by atoms with van der Waals surface area (Å²) in [5.74, 6) is 0.411. The van der Waals surface area contributed by atoms with Crippen LogP contribution in [-0.2, 0) is 0 Å². The molecule has 3 heteroatoms. The minimum absolute atomic E-state index is 0.411. The van der Waals surface area contributed by atoms with Crippen molar-refractivity contribution in [3.63, 3.8) is 0 Å². The Morgan fingerprint density at radius 3 is 3.00 bits per heavy atom. The molecule has 1 aromatic heterocycles. The lowest BCUT2D eigenvalue weighted by atomic mass is 10.2. The van der Waals surface area contributed by atoms with E-state index in [-0.39, 0.29) is 0 Å². The SMILES string of the molecule is OC1=C(c2cnc[nH]2)C=CC1. The molecule has 1 aliphatic carbocycles. The van der Waals surface area contributed by atoms with Gasteiger partial charge in [-0.3, -0.25) is 0 Å². The van der Waals surface area contributed by atoms with Gasteiger partial charge in [0.05, 0.1) is 18.2 Å². The van der Waals surface area contributed by atoms with Crippen LogP contribution in [0.25, 0.3) is 5.57 Å². The zero-order chi connectivity index (χ0) is 7.68. The number of rotatable bonds is 1. The average molecular weight is 148 g/mol. The summed E-state index contributed by atoms with van der Waals surface area (Å²) in [6.07, 6.45) is 7.74. The van der Waals surface area contributed by atoms with E-state index in [4.69, 9.17) is 0 Å². The molecule has 0 aliphatic heterocycles. The first kappa shape index (κ1) is 6.22. The van der Waals surface area contributed by atoms with Crippen LogP contribution < -0.4 is 0 Å². The molecule has 0 saturated carbocycles. The van der Waals surface area contributed by atoms with Gasteiger partial charge in [0.25, 0.3) is 0 Å². The Bertz CT molecular complexity index is 309. The molecule has 0 amide bonds. The maximum atomic E-state index is 9.33. The van der Waals surface area contributed by atoms with Crippen LogP contribution in [0.5, 0.6) is 0 Å². The second kappa shape index (κ2) is 2.27. The highest BCUT2D eigenvalue weighted by Gasteiger charge is 2.09. The Labute approximate surface area is 64.1 Å². The number of aliphatic hydroxyl groups is 1. The Balaban J connectivity index is 2.44. The molecule has 2 rings (SSSR count). The van der Waals surface area contributed by atoms with Gasteiger partial charge < -0.3 is 10.1 Å². The van der Waals surface area contributed by atoms with Crippen molar-refractivity contribution in [2.24, 2.45) is 0 Å². The summed E-state index contributed by atoms with van der Waals surface area (Å²) < 4.78 is 0. The van der Waals surface area contributed by atoms with Crippen LogP contribution in [0.4, 0.5) is 0 Å². The quantitative estimate of drug-likeness (QED) is 0.636. The van der Waals surface area contributed by atoms with Gasteiger partial charge in [-0.2, -0.15) is 0 Å². The average Bonchev–Trinajstić information content (AvgIpc) is 2.55. The normalized spacial score (nSPS) is 16.4. The largest absolute Gasteiger partial charge is 0.511 e. The van der Waals surface area contributed by atoms with E-state index in [0.29, 0.717) is 12.2 Å². The Morgan fingerprint density at radius 1 is 1.55 bits per heavy atom. The van der Waals surface area contributed by atoms with E-state index in [2.05, 4.69) is 9.97 Å². The Morgan fingerprint density at radius 2 is 2.45 bits per heavy atom. The summed E-state index contributed by atoms with van der Waals surface area (Å²) in [5, 5.41) is 9.33. The number of H-pyrrole nitrogens is 1. The second-order valence-corrected chi connectivity index (χ2v) is 2.43. The summed E-state index contributed by atoms with van der Waals surface area (Å²) in [6.45, 7) is 0. The first-order valence-electron chi connectivity index (χ1n) is 3.45. The fraction of sp³-hybridized carbons (Fsp3) is 0.125. The second-order valence-electron chi connectivity index (χ2n) is 2.43. The van der Waals surface area contributed by atoms with Crippen LogP contribution in [0, 0.1) is 0 Å². The highest BCUT2D eigenvalue weighted by Crippen LogP contribution is 2.23. The van der Waals surface area contributed by atoms with Gasteiger partial charge in [0.2, 0.25) is 0 Å². The highest BCUT2D eigenvalue weighted by atomic mass is 16.3. The molecule has 0 fully saturated rings. The van der Waals surface area contributed by atoms with Crippen molar-refractivity contribution in [3.05, 3.63) is 36.1 Å². The van der Waals surface area contributed by atoms with Crippen LogP contribution >= 0.6 is 0 Å². The Hall–Kier alpha value is -1.51. The molecule has 0 unspecified atom stereocenters. The first-order valence-corrected chi connectivity index (χ1v) is 3.45. The number of nitrogens with zero attached hydrogens (tertiary/aromatic N) is 1. The van der Waals surface area contributed by atoms with Crippen molar-refractivity contribution >= 4 is 5.57 Å². The number of nitrogens with one attached hydrogen (secondary N) is 1. The predicted octanol–water partition coefficient (Wildman–Crippen LogP) is 1.64. The number of hydrogen-bond donors (Lipinski definition) is 2. The maximum absolute atomic E-state index is 9.33. The summed E-state index contributed by atoms with van der Waals surface area (Å²) in [4.78, 5) is 6.80. The molecule has 0 radical (unpaired) electrons. The van der Waals surface area contributed by atoms with Crippen LogP contribution in [-0.4, -0.2) is 15.1 Å². The molecule has 0 bridgehead atoms. The van der Waals surface area contributed by atoms with E-state index in [1.807, 2.05) is 12.2 Å². The number of allylic oxidation sites excluding steroid dienone is 3. The summed E-state index contributed by atoms with van der Waals surface area (Å²) in [5.41, 5.74) is 1.72. The number of aliphatic hydroxyl groups excluding tert-OH is 1. The van der Waals surface area contributed by atoms with Crippen LogP contribution in [0.3, 0.4) is 0 Å². The molecule has 0 atom stereocenters. The standard InChI is InChI=1S/C8H8N2O/c11-8-3-1-2-6(8)7-4-9-5-10-7/h1-2,4-5,11H,3H2,(H,9,10). The lowest BCUT2D eigenvalue weighted by molar-refractivity contribution is 0.407. The third-order valence-electron chi connectivity index (χ3n) is 1.70. The molecule has 0 aromatic carbocycles. The number of imidazole rings is 1. The topological polar surface area (TPSA) is 48.9 Å². The maximum Gasteiger partial charge on any atom is 0.105 e. The van der Waals surface area contributed by atoms with Gasteiger partial charge in [-0.1, -0.05) is 12.2 Å². The number of aromatic nitrogens is 2. The van der Waals surface area contributed by atoms with E-state index in [1.165, 1.54) is 0 Å². The van der Waals surface area contributed by atoms with Crippen molar-refractivity contribution in [1.29, 1.82) is 0 Å². The van der Waals surface area contributed by atoms with Gasteiger partial charge in [-0.25, -0.2) is 4.98 Å². The lowest BCUT2D eigenvalue weighted by Gasteiger charge is -1.95. The van der Waals surface area contributed by atoms with Crippen LogP contribution in [0.1, 0.15) is 12.1 Å². The van der Waals surface area contributed by atoms with Crippen molar-refractivity contribution in [1.82, 2.24) is 9.97 Å². The zero-order valence-electron chi connectivity index (χ0n) is 5.91. The third kappa shape index (κ3) is 0.941. The highest BCUT2D eigenvalue weighted by molar-refractivity contribution is 5.75. The molecular weight excluding hydrogens is 140 g/mol. The summed E-state index contributed by atoms with van der Waals surface area (Å²) >= 11 is 0. The molecule has 1 heterocycles. The van der Waals surface area contributed by atoms with Crippen molar-refractivity contribution in [3.8, 4) is 0 Å². The number of aromatic amines is 1. The minimum atomic E-state index is 0.411. The van der Waals surface area contributed by atoms with Crippen molar-refractivity contribution in [2.45, 2.75) is 6.42 Å². The fourth-order valence-electron chi connectivity index (χ4n) is 1.14. The molecule has 1 aliphatic rings. The van der Waals surface area contributed by atoms with E-state index in [9.17, 15) is 5.11 Å². The van der Waals surface area contributed by atoms with Crippen LogP contribution in [0.2, 0.25) is 0 Å². The fourth-order valence-corrected chi connectivity index (χ4v) is 1.14. The van der Waals surface area contributed by atoms with Crippen molar-refractivity contribution < 1.29 is 5.11 Å². The molecule has 3 nitrogen and oxygen atoms in total. The van der Waals surface area contributed by atoms with E-state index in [1.54, 1.807) is 12.5 Å². The van der Waals surface area contributed by atoms with Crippen LogP contribution in [0.15, 0.2) is 30.4 Å². The lowest BCUT2D eigenvalue weighted by Crippen LogP contribution is -1.82. The molecule has 56 valence electrons. The van der Waals surface area contributed by atoms with E-state index in [0.717, 1.165) is 11.3 Å². The molecular formula is C8H8N2O. The van der Waals surface area contributed by atoms with Gasteiger partial charge in [0, 0.05) is 12.0 Å². The molecule has 0 saturated heterocycles. The minimum Gasteiger partial charge on any atom is -0.511 e. The summed E-state index contributed by atoms with van der Waals surface area (Å²) in [7, 11) is 0. The zero-order valence-corrected chi connectivity index (χ0v) is 5.91. The monoisotopic (exact) mass is 148 g/mol. The van der Waals surface area contributed by atoms with E-state index < -0.39 is 0 Å². The summed E-state index contributed by atoms with van der Waals surface area (Å²) in [6, 6.07) is 0. The molecule has 1 aromatic rings. The van der Waals surface area contributed by atoms with Gasteiger partial charge >= 0.3 is 0 Å². The molecule has 0 spiro atoms. The predicted molar refractivity (Wildman–Crippen MR) is 41.9 cm³/mol. The smallest absolute Gasteiger partial charge is 0.105 e. The third-order valence-corrected chi connectivity index (χ3v) is 1.70. The Kier molecular flexibility index (Phi) is 1.28. The van der Waals surface area contributed by atoms with E-state index >= 15 is 0 Å². The van der Waals surface area contributed by atoms with Gasteiger partial charge in [0.15, 0.2) is 0 Å². The van der Waals surface area contributed by atoms with Crippen molar-refractivity contribution in [2.75, 3.05) is 0 Å². The van der Waals surface area contributed by atoms with Gasteiger partial charge in [-0.05, 0) is 0 Å².